The molecule has 0 fully saturated rings. The summed E-state index contributed by atoms with van der Waals surface area (Å²) in [4.78, 5) is 16.6. The number of amidine groups is 2. The maximum Gasteiger partial charge on any atom is 0.283 e. The lowest BCUT2D eigenvalue weighted by Crippen LogP contribution is -2.35. The molecule has 1 N–H and O–H groups in total. The first-order chi connectivity index (χ1) is 15.8. The largest absolute Gasteiger partial charge is 0.490 e. The van der Waals surface area contributed by atoms with Crippen molar-refractivity contribution in [2.24, 2.45) is 16.0 Å². The number of aliphatic imine (C=N–C) groups is 1. The Morgan fingerprint density at radius 1 is 1.06 bits per heavy atom. The van der Waals surface area contributed by atoms with Gasteiger partial charge in [-0.2, -0.15) is 15.1 Å². The Kier molecular flexibility index (Phi) is 6.65. The highest BCUT2D eigenvalue weighted by Gasteiger charge is 2.36. The fourth-order valence-corrected chi connectivity index (χ4v) is 4.29. The Labute approximate surface area is 197 Å². The van der Waals surface area contributed by atoms with Crippen LogP contribution in [0.3, 0.4) is 0 Å². The highest BCUT2D eigenvalue weighted by molar-refractivity contribution is 8.27. The van der Waals surface area contributed by atoms with Crippen LogP contribution in [0.15, 0.2) is 58.1 Å². The van der Waals surface area contributed by atoms with Gasteiger partial charge in [0.2, 0.25) is 5.17 Å². The number of thioether (sulfide) groups is 1. The summed E-state index contributed by atoms with van der Waals surface area (Å²) >= 11 is 1.34. The molecular formula is C25H26N4O3S. The number of amides is 1. The van der Waals surface area contributed by atoms with E-state index in [9.17, 15) is 4.79 Å². The Bertz CT molecular complexity index is 1160. The van der Waals surface area contributed by atoms with Crippen molar-refractivity contribution in [1.29, 1.82) is 5.41 Å². The molecule has 2 heterocycles. The Hall–Kier alpha value is -3.39. The lowest BCUT2D eigenvalue weighted by molar-refractivity contribution is -0.114. The van der Waals surface area contributed by atoms with Gasteiger partial charge < -0.3 is 9.47 Å². The third-order valence-electron chi connectivity index (χ3n) is 5.16. The molecule has 0 spiro atoms. The van der Waals surface area contributed by atoms with Crippen LogP contribution in [0.25, 0.3) is 6.08 Å². The van der Waals surface area contributed by atoms with Crippen molar-refractivity contribution in [2.75, 3.05) is 13.2 Å². The summed E-state index contributed by atoms with van der Waals surface area (Å²) in [5, 5.41) is 15.6. The number of carbonyl (C=O) groups is 1. The van der Waals surface area contributed by atoms with E-state index in [1.807, 2.05) is 70.2 Å². The lowest BCUT2D eigenvalue weighted by Gasteiger charge is -2.20. The van der Waals surface area contributed by atoms with Gasteiger partial charge in [0.25, 0.3) is 5.91 Å². The van der Waals surface area contributed by atoms with E-state index in [4.69, 9.17) is 14.9 Å². The number of carbonyl (C=O) groups excluding carboxylic acids is 1. The first-order valence-electron chi connectivity index (χ1n) is 10.8. The molecule has 0 bridgehead atoms. The monoisotopic (exact) mass is 462 g/mol. The van der Waals surface area contributed by atoms with Crippen LogP contribution in [0.1, 0.15) is 30.5 Å². The number of hydrazone groups is 1. The molecule has 2 aliphatic rings. The van der Waals surface area contributed by atoms with Crippen LogP contribution in [0, 0.1) is 25.2 Å². The van der Waals surface area contributed by atoms with Gasteiger partial charge in [-0.15, -0.1) is 0 Å². The van der Waals surface area contributed by atoms with Crippen LogP contribution < -0.4 is 9.47 Å². The van der Waals surface area contributed by atoms with Gasteiger partial charge in [0, 0.05) is 5.92 Å². The smallest absolute Gasteiger partial charge is 0.283 e. The van der Waals surface area contributed by atoms with Crippen molar-refractivity contribution in [2.45, 2.75) is 27.7 Å². The second-order valence-corrected chi connectivity index (χ2v) is 9.09. The number of aryl methyl sites for hydroxylation is 2. The molecule has 2 aliphatic heterocycles. The molecule has 170 valence electrons. The maximum atomic E-state index is 12.5. The number of fused-ring (bicyclic) bond motifs is 1. The third-order valence-corrected chi connectivity index (χ3v) is 6.37. The molecule has 2 aromatic rings. The Morgan fingerprint density at radius 3 is 2.39 bits per heavy atom. The normalized spacial score (nSPS) is 16.8. The van der Waals surface area contributed by atoms with Crippen molar-refractivity contribution in [1.82, 2.24) is 5.01 Å². The molecule has 0 aromatic heterocycles. The summed E-state index contributed by atoms with van der Waals surface area (Å²) in [5.41, 5.74) is 3.19. The van der Waals surface area contributed by atoms with Gasteiger partial charge in [-0.25, -0.2) is 0 Å². The first-order valence-corrected chi connectivity index (χ1v) is 11.6. The van der Waals surface area contributed by atoms with E-state index in [1.165, 1.54) is 16.8 Å². The van der Waals surface area contributed by atoms with Crippen LogP contribution in [-0.2, 0) is 4.79 Å². The van der Waals surface area contributed by atoms with Crippen LogP contribution in [-0.4, -0.2) is 40.2 Å². The number of nitrogens with one attached hydrogen (secondary N) is 1. The summed E-state index contributed by atoms with van der Waals surface area (Å²) in [7, 11) is 0. The molecule has 8 heteroatoms. The third kappa shape index (κ3) is 5.01. The number of rotatable bonds is 7. The van der Waals surface area contributed by atoms with Crippen LogP contribution in [0.2, 0.25) is 0 Å². The Balaban J connectivity index is 1.37. The minimum Gasteiger partial charge on any atom is -0.490 e. The van der Waals surface area contributed by atoms with E-state index in [-0.39, 0.29) is 17.3 Å². The van der Waals surface area contributed by atoms with Gasteiger partial charge in [-0.05, 0) is 60.5 Å². The highest BCUT2D eigenvalue weighted by atomic mass is 32.2. The van der Waals surface area contributed by atoms with Crippen LogP contribution in [0.4, 0.5) is 0 Å². The molecule has 2 aromatic carbocycles. The van der Waals surface area contributed by atoms with E-state index < -0.39 is 5.91 Å². The maximum absolute atomic E-state index is 12.5. The van der Waals surface area contributed by atoms with E-state index in [1.54, 1.807) is 6.08 Å². The summed E-state index contributed by atoms with van der Waals surface area (Å²) < 4.78 is 11.6. The fraction of sp³-hybridized carbons (Fsp3) is 0.280. The van der Waals surface area contributed by atoms with Crippen LogP contribution in [0.5, 0.6) is 11.5 Å². The standard InChI is InChI=1S/C25H26N4O3S/c1-15(2)24-28-29-22(26)20(23(30)27-25(29)33-24)14-18-8-10-19(11-9-18)31-12-13-32-21-16(3)6-5-7-17(21)4/h5-11,14-15,26H,12-13H2,1-4H3/b20-14-,26-22?. The number of ether oxygens (including phenoxy) is 2. The number of para-hydroxylation sites is 1. The first kappa shape index (κ1) is 22.8. The number of hydrogen-bond acceptors (Lipinski definition) is 6. The molecule has 0 saturated carbocycles. The minimum absolute atomic E-state index is 0.0390. The summed E-state index contributed by atoms with van der Waals surface area (Å²) in [6.07, 6.45) is 1.66. The Morgan fingerprint density at radius 2 is 1.73 bits per heavy atom. The number of hydrogen-bond donors (Lipinski definition) is 1. The topological polar surface area (TPSA) is 87.3 Å². The van der Waals surface area contributed by atoms with Gasteiger partial charge >= 0.3 is 0 Å². The van der Waals surface area contributed by atoms with Crippen LogP contribution >= 0.6 is 11.8 Å². The molecule has 7 nitrogen and oxygen atoms in total. The van der Waals surface area contributed by atoms with Crippen molar-refractivity contribution >= 4 is 39.8 Å². The molecule has 0 saturated heterocycles. The van der Waals surface area contributed by atoms with Gasteiger partial charge in [0.05, 0.1) is 5.57 Å². The summed E-state index contributed by atoms with van der Waals surface area (Å²) in [6, 6.07) is 13.4. The minimum atomic E-state index is -0.428. The molecule has 0 atom stereocenters. The zero-order valence-corrected chi connectivity index (χ0v) is 19.9. The molecule has 4 rings (SSSR count). The van der Waals surface area contributed by atoms with Gasteiger partial charge in [-0.3, -0.25) is 10.2 Å². The average molecular weight is 463 g/mol. The SMILES string of the molecule is Cc1cccc(C)c1OCCOc1ccc(/C=C2/C(=N)N3N=C(C(C)C)SC3=NC2=O)cc1. The van der Waals surface area contributed by atoms with Gasteiger partial charge in [0.1, 0.15) is 29.8 Å². The second-order valence-electron chi connectivity index (χ2n) is 8.10. The molecule has 1 amide bonds. The van der Waals surface area contributed by atoms with Gasteiger partial charge in [-0.1, -0.05) is 44.2 Å². The second kappa shape index (κ2) is 9.62. The fourth-order valence-electron chi connectivity index (χ4n) is 3.40. The predicted molar refractivity (Wildman–Crippen MR) is 133 cm³/mol. The summed E-state index contributed by atoms with van der Waals surface area (Å²) in [6.45, 7) is 8.95. The van der Waals surface area contributed by atoms with E-state index in [0.29, 0.717) is 24.1 Å². The number of nitrogens with zero attached hydrogens (tertiary/aromatic N) is 3. The van der Waals surface area contributed by atoms with E-state index in [0.717, 1.165) is 27.5 Å². The highest BCUT2D eigenvalue weighted by Crippen LogP contribution is 2.31. The average Bonchev–Trinajstić information content (AvgIpc) is 3.21. The van der Waals surface area contributed by atoms with Crippen molar-refractivity contribution < 1.29 is 14.3 Å². The number of benzene rings is 2. The molecule has 0 radical (unpaired) electrons. The van der Waals surface area contributed by atoms with Crippen molar-refractivity contribution in [3.05, 3.63) is 64.7 Å². The predicted octanol–water partition coefficient (Wildman–Crippen LogP) is 5.04. The zero-order chi connectivity index (χ0) is 23.5. The van der Waals surface area contributed by atoms with Crippen molar-refractivity contribution in [3.63, 3.8) is 0 Å². The quantitative estimate of drug-likeness (QED) is 0.460. The van der Waals surface area contributed by atoms with E-state index in [2.05, 4.69) is 10.1 Å². The summed E-state index contributed by atoms with van der Waals surface area (Å²) in [5.74, 6) is 1.42. The molecular weight excluding hydrogens is 436 g/mol. The van der Waals surface area contributed by atoms with Gasteiger partial charge in [0.15, 0.2) is 5.84 Å². The lowest BCUT2D eigenvalue weighted by atomic mass is 10.1. The van der Waals surface area contributed by atoms with Crippen molar-refractivity contribution in [3.8, 4) is 11.5 Å². The zero-order valence-electron chi connectivity index (χ0n) is 19.1. The van der Waals surface area contributed by atoms with E-state index >= 15 is 0 Å². The molecule has 0 unspecified atom stereocenters. The molecule has 33 heavy (non-hydrogen) atoms. The molecule has 0 aliphatic carbocycles.